The van der Waals surface area contributed by atoms with Crippen LogP contribution in [0.2, 0.25) is 0 Å². The third kappa shape index (κ3) is 5.40. The summed E-state index contributed by atoms with van der Waals surface area (Å²) in [4.78, 5) is 23.4. The minimum atomic E-state index is -3.83. The second kappa shape index (κ2) is 9.74. The van der Waals surface area contributed by atoms with Gasteiger partial charge in [0, 0.05) is 18.7 Å². The molecule has 0 bridgehead atoms. The molecule has 0 unspecified atom stereocenters. The molecule has 2 heterocycles. The number of fused-ring (bicyclic) bond motifs is 1. The van der Waals surface area contributed by atoms with Crippen molar-refractivity contribution in [2.75, 3.05) is 18.5 Å². The summed E-state index contributed by atoms with van der Waals surface area (Å²) in [6, 6.07) is 5.40. The molecule has 4 atom stereocenters. The molecule has 2 amide bonds. The second-order valence-corrected chi connectivity index (χ2v) is 10.2. The Bertz CT molecular complexity index is 931. The number of carbonyl (C=O) groups is 2. The van der Waals surface area contributed by atoms with Crippen molar-refractivity contribution in [3.05, 3.63) is 24.3 Å². The number of hydrogen-bond acceptors (Lipinski definition) is 7. The maximum atomic E-state index is 12.8. The lowest BCUT2D eigenvalue weighted by Gasteiger charge is -2.24. The van der Waals surface area contributed by atoms with Crippen LogP contribution in [0.5, 0.6) is 0 Å². The summed E-state index contributed by atoms with van der Waals surface area (Å²) in [5.41, 5.74) is 0.506. The highest BCUT2D eigenvalue weighted by Gasteiger charge is 2.50. The van der Waals surface area contributed by atoms with Gasteiger partial charge in [0.15, 0.2) is 6.10 Å². The average Bonchev–Trinajstić information content (AvgIpc) is 3.32. The van der Waals surface area contributed by atoms with Gasteiger partial charge in [-0.05, 0) is 37.1 Å². The summed E-state index contributed by atoms with van der Waals surface area (Å²) < 4.78 is 45.2. The van der Waals surface area contributed by atoms with Crippen molar-refractivity contribution in [2.45, 2.75) is 74.3 Å². The SMILES string of the molecule is CC(=O)Nc1ccc(S(=O)(=O)N[C@H]2CO[C@H]3[C@@H]2OC[C@H]3OC(=O)NC2CCCCC2)cc1. The van der Waals surface area contributed by atoms with Crippen LogP contribution in [0, 0.1) is 0 Å². The van der Waals surface area contributed by atoms with Crippen molar-refractivity contribution < 1.29 is 32.2 Å². The Morgan fingerprint density at radius 3 is 2.38 bits per heavy atom. The predicted molar refractivity (Wildman–Crippen MR) is 115 cm³/mol. The summed E-state index contributed by atoms with van der Waals surface area (Å²) in [5, 5.41) is 5.49. The standard InChI is InChI=1S/C21H29N3O7S/c1-13(25)22-15-7-9-16(10-8-15)32(27,28)24-17-11-29-20-18(12-30-19(17)20)31-21(26)23-14-5-3-2-4-6-14/h7-10,14,17-20,24H,2-6,11-12H2,1H3,(H,22,25)(H,23,26)/t17-,18+,19+,20+/m0/s1. The Morgan fingerprint density at radius 1 is 1.00 bits per heavy atom. The van der Waals surface area contributed by atoms with Crippen molar-refractivity contribution in [1.29, 1.82) is 0 Å². The first-order valence-corrected chi connectivity index (χ1v) is 12.4. The van der Waals surface area contributed by atoms with Crippen LogP contribution in [0.1, 0.15) is 39.0 Å². The van der Waals surface area contributed by atoms with Crippen LogP contribution < -0.4 is 15.4 Å². The molecular weight excluding hydrogens is 438 g/mol. The molecule has 11 heteroatoms. The van der Waals surface area contributed by atoms with E-state index in [1.54, 1.807) is 0 Å². The number of carbonyl (C=O) groups excluding carboxylic acids is 2. The van der Waals surface area contributed by atoms with E-state index >= 15 is 0 Å². The van der Waals surface area contributed by atoms with Crippen molar-refractivity contribution in [2.24, 2.45) is 0 Å². The monoisotopic (exact) mass is 467 g/mol. The summed E-state index contributed by atoms with van der Waals surface area (Å²) in [5.74, 6) is -0.240. The smallest absolute Gasteiger partial charge is 0.407 e. The number of amides is 2. The van der Waals surface area contributed by atoms with Gasteiger partial charge in [0.1, 0.15) is 12.2 Å². The van der Waals surface area contributed by atoms with Gasteiger partial charge in [0.2, 0.25) is 15.9 Å². The normalized spacial score (nSPS) is 28.2. The Kier molecular flexibility index (Phi) is 6.99. The van der Waals surface area contributed by atoms with Crippen molar-refractivity contribution in [1.82, 2.24) is 10.0 Å². The zero-order chi connectivity index (χ0) is 22.7. The Hall–Kier alpha value is -2.21. The summed E-state index contributed by atoms with van der Waals surface area (Å²) in [7, 11) is -3.83. The molecule has 10 nitrogen and oxygen atoms in total. The van der Waals surface area contributed by atoms with E-state index < -0.39 is 40.5 Å². The molecule has 1 aromatic carbocycles. The van der Waals surface area contributed by atoms with Gasteiger partial charge in [-0.2, -0.15) is 0 Å². The Balaban J connectivity index is 1.32. The first kappa shape index (κ1) is 23.0. The maximum absolute atomic E-state index is 12.8. The number of rotatable bonds is 6. The van der Waals surface area contributed by atoms with E-state index in [4.69, 9.17) is 14.2 Å². The lowest BCUT2D eigenvalue weighted by atomic mass is 9.96. The first-order chi connectivity index (χ1) is 15.3. The van der Waals surface area contributed by atoms with Crippen LogP contribution in [-0.4, -0.2) is 64.0 Å². The summed E-state index contributed by atoms with van der Waals surface area (Å²) in [6.45, 7) is 1.64. The molecule has 0 radical (unpaired) electrons. The van der Waals surface area contributed by atoms with Crippen molar-refractivity contribution in [3.8, 4) is 0 Å². The van der Waals surface area contributed by atoms with Gasteiger partial charge in [-0.25, -0.2) is 17.9 Å². The van der Waals surface area contributed by atoms with Crippen molar-refractivity contribution in [3.63, 3.8) is 0 Å². The van der Waals surface area contributed by atoms with E-state index in [1.807, 2.05) is 0 Å². The van der Waals surface area contributed by atoms with Crippen LogP contribution in [0.3, 0.4) is 0 Å². The number of ether oxygens (including phenoxy) is 3. The quantitative estimate of drug-likeness (QED) is 0.578. The average molecular weight is 468 g/mol. The number of nitrogens with one attached hydrogen (secondary N) is 3. The van der Waals surface area contributed by atoms with Gasteiger partial charge < -0.3 is 24.8 Å². The van der Waals surface area contributed by atoms with Crippen molar-refractivity contribution >= 4 is 27.7 Å². The molecule has 2 saturated heterocycles. The molecule has 3 fully saturated rings. The fraction of sp³-hybridized carbons (Fsp3) is 0.619. The minimum absolute atomic E-state index is 0.0627. The van der Waals surface area contributed by atoms with E-state index in [0.717, 1.165) is 25.7 Å². The van der Waals surface area contributed by atoms with E-state index in [-0.39, 0.29) is 30.1 Å². The fourth-order valence-corrected chi connectivity index (χ4v) is 5.67. The topological polar surface area (TPSA) is 132 Å². The van der Waals surface area contributed by atoms with E-state index in [2.05, 4.69) is 15.4 Å². The largest absolute Gasteiger partial charge is 0.441 e. The number of alkyl carbamates (subject to hydrolysis) is 1. The van der Waals surface area contributed by atoms with Gasteiger partial charge in [-0.15, -0.1) is 0 Å². The summed E-state index contributed by atoms with van der Waals surface area (Å²) in [6.07, 6.45) is 3.15. The van der Waals surface area contributed by atoms with Crippen LogP contribution in [0.4, 0.5) is 10.5 Å². The Morgan fingerprint density at radius 2 is 1.69 bits per heavy atom. The molecule has 1 aliphatic carbocycles. The molecule has 2 aliphatic heterocycles. The molecule has 1 aromatic rings. The molecule has 3 N–H and O–H groups in total. The predicted octanol–water partition coefficient (Wildman–Crippen LogP) is 1.52. The maximum Gasteiger partial charge on any atom is 0.407 e. The zero-order valence-electron chi connectivity index (χ0n) is 17.9. The van der Waals surface area contributed by atoms with Crippen LogP contribution in [0.15, 0.2) is 29.2 Å². The lowest BCUT2D eigenvalue weighted by Crippen LogP contribution is -2.45. The number of benzene rings is 1. The molecule has 176 valence electrons. The van der Waals surface area contributed by atoms with Crippen LogP contribution in [-0.2, 0) is 29.0 Å². The van der Waals surface area contributed by atoms with Gasteiger partial charge in [0.05, 0.1) is 24.2 Å². The van der Waals surface area contributed by atoms with Gasteiger partial charge in [-0.1, -0.05) is 19.3 Å². The molecule has 0 aromatic heterocycles. The number of hydrogen-bond donors (Lipinski definition) is 3. The van der Waals surface area contributed by atoms with Crippen LogP contribution in [0.25, 0.3) is 0 Å². The highest BCUT2D eigenvalue weighted by Crippen LogP contribution is 2.30. The second-order valence-electron chi connectivity index (χ2n) is 8.45. The molecule has 3 aliphatic rings. The zero-order valence-corrected chi connectivity index (χ0v) is 18.7. The van der Waals surface area contributed by atoms with Crippen LogP contribution >= 0.6 is 0 Å². The van der Waals surface area contributed by atoms with Gasteiger partial charge in [-0.3, -0.25) is 4.79 Å². The van der Waals surface area contributed by atoms with Gasteiger partial charge in [0.25, 0.3) is 0 Å². The van der Waals surface area contributed by atoms with E-state index in [9.17, 15) is 18.0 Å². The molecule has 1 saturated carbocycles. The molecule has 4 rings (SSSR count). The molecular formula is C21H29N3O7S. The third-order valence-corrected chi connectivity index (χ3v) is 7.49. The minimum Gasteiger partial charge on any atom is -0.441 e. The molecule has 0 spiro atoms. The highest BCUT2D eigenvalue weighted by molar-refractivity contribution is 7.89. The lowest BCUT2D eigenvalue weighted by molar-refractivity contribution is -0.114. The fourth-order valence-electron chi connectivity index (χ4n) is 4.44. The van der Waals surface area contributed by atoms with Gasteiger partial charge >= 0.3 is 6.09 Å². The molecule has 32 heavy (non-hydrogen) atoms. The first-order valence-electron chi connectivity index (χ1n) is 10.9. The number of sulfonamides is 1. The van der Waals surface area contributed by atoms with E-state index in [1.165, 1.54) is 37.6 Å². The highest BCUT2D eigenvalue weighted by atomic mass is 32.2. The number of anilines is 1. The van der Waals surface area contributed by atoms with E-state index in [0.29, 0.717) is 5.69 Å². The third-order valence-electron chi connectivity index (χ3n) is 5.99. The Labute approximate surface area is 187 Å². The summed E-state index contributed by atoms with van der Waals surface area (Å²) >= 11 is 0.